The highest BCUT2D eigenvalue weighted by Gasteiger charge is 2.26. The number of fused-ring (bicyclic) bond motifs is 2. The van der Waals surface area contributed by atoms with Crippen LogP contribution in [0.3, 0.4) is 0 Å². The van der Waals surface area contributed by atoms with E-state index < -0.39 is 6.10 Å². The van der Waals surface area contributed by atoms with Gasteiger partial charge in [0.15, 0.2) is 12.2 Å². The summed E-state index contributed by atoms with van der Waals surface area (Å²) in [4.78, 5) is 23.7. The van der Waals surface area contributed by atoms with Gasteiger partial charge in [-0.25, -0.2) is 4.79 Å². The minimum absolute atomic E-state index is 0.0689. The summed E-state index contributed by atoms with van der Waals surface area (Å²) < 4.78 is 12.4. The number of aliphatic hydroxyl groups excluding tert-OH is 1. The number of carbonyl (C=O) groups is 1. The molecule has 1 amide bonds. The third-order valence-corrected chi connectivity index (χ3v) is 5.61. The normalized spacial score (nSPS) is 14.7. The molecule has 4 rings (SSSR count). The fourth-order valence-corrected chi connectivity index (χ4v) is 3.94. The third-order valence-electron chi connectivity index (χ3n) is 5.61. The Bertz CT molecular complexity index is 1200. The molecular formula is C23H27N3O6. The van der Waals surface area contributed by atoms with Crippen molar-refractivity contribution in [3.8, 4) is 11.5 Å². The molecule has 32 heavy (non-hydrogen) atoms. The van der Waals surface area contributed by atoms with Crippen LogP contribution in [0.25, 0.3) is 11.1 Å². The largest absolute Gasteiger partial charge is 0.508 e. The van der Waals surface area contributed by atoms with Gasteiger partial charge in [-0.05, 0) is 44.9 Å². The number of benzene rings is 2. The second-order valence-electron chi connectivity index (χ2n) is 8.62. The van der Waals surface area contributed by atoms with Gasteiger partial charge in [0.25, 0.3) is 5.91 Å². The summed E-state index contributed by atoms with van der Waals surface area (Å²) in [6.07, 6.45) is 0.526. The van der Waals surface area contributed by atoms with Gasteiger partial charge in [-0.2, -0.15) is 0 Å². The number of phenols is 1. The van der Waals surface area contributed by atoms with Crippen molar-refractivity contribution in [3.63, 3.8) is 0 Å². The Labute approximate surface area is 184 Å². The number of aromatic nitrogens is 1. The Balaban J connectivity index is 1.36. The predicted molar refractivity (Wildman–Crippen MR) is 119 cm³/mol. The molecule has 9 nitrogen and oxygen atoms in total. The van der Waals surface area contributed by atoms with Crippen molar-refractivity contribution in [2.75, 3.05) is 18.5 Å². The lowest BCUT2D eigenvalue weighted by Gasteiger charge is -2.29. The zero-order chi connectivity index (χ0) is 22.9. The molecule has 9 heteroatoms. The van der Waals surface area contributed by atoms with Gasteiger partial charge in [-0.1, -0.05) is 12.1 Å². The molecule has 170 valence electrons. The van der Waals surface area contributed by atoms with Crippen LogP contribution in [-0.4, -0.2) is 39.4 Å². The fourth-order valence-electron chi connectivity index (χ4n) is 3.94. The van der Waals surface area contributed by atoms with E-state index in [1.807, 2.05) is 32.0 Å². The Hall–Kier alpha value is -3.30. The minimum Gasteiger partial charge on any atom is -0.508 e. The van der Waals surface area contributed by atoms with Crippen molar-refractivity contribution in [2.24, 2.45) is 0 Å². The van der Waals surface area contributed by atoms with E-state index in [1.165, 1.54) is 12.1 Å². The van der Waals surface area contributed by atoms with Crippen LogP contribution in [0.15, 0.2) is 45.6 Å². The van der Waals surface area contributed by atoms with Crippen LogP contribution in [-0.2, 0) is 11.3 Å². The smallest absolute Gasteiger partial charge is 0.419 e. The highest BCUT2D eigenvalue weighted by atomic mass is 16.5. The number of aromatic hydroxyl groups is 1. The maximum Gasteiger partial charge on any atom is 0.419 e. The molecule has 1 aliphatic heterocycles. The molecule has 2 aromatic carbocycles. The summed E-state index contributed by atoms with van der Waals surface area (Å²) >= 11 is 0. The van der Waals surface area contributed by atoms with Gasteiger partial charge < -0.3 is 30.0 Å². The molecule has 0 saturated carbocycles. The van der Waals surface area contributed by atoms with Gasteiger partial charge in [-0.15, -0.1) is 0 Å². The first-order valence-corrected chi connectivity index (χ1v) is 10.5. The number of anilines is 1. The van der Waals surface area contributed by atoms with Gasteiger partial charge in [0.2, 0.25) is 0 Å². The number of aliphatic hydroxyl groups is 1. The molecule has 1 unspecified atom stereocenters. The zero-order valence-corrected chi connectivity index (χ0v) is 18.1. The van der Waals surface area contributed by atoms with Crippen molar-refractivity contribution < 1.29 is 24.2 Å². The Morgan fingerprint density at radius 2 is 2.03 bits per heavy atom. The van der Waals surface area contributed by atoms with Crippen LogP contribution < -0.4 is 21.1 Å². The number of rotatable bonds is 8. The number of amides is 1. The monoisotopic (exact) mass is 441 g/mol. The quantitative estimate of drug-likeness (QED) is 0.423. The van der Waals surface area contributed by atoms with Gasteiger partial charge in [0.1, 0.15) is 11.5 Å². The van der Waals surface area contributed by atoms with Gasteiger partial charge in [-0.3, -0.25) is 9.36 Å². The van der Waals surface area contributed by atoms with Crippen LogP contribution in [0.5, 0.6) is 11.5 Å². The Morgan fingerprint density at radius 1 is 1.25 bits per heavy atom. The molecular weight excluding hydrogens is 414 g/mol. The number of β-amino-alcohol motifs (C(OH)–C–C–N with tert-alkyl or cyclic N) is 1. The summed E-state index contributed by atoms with van der Waals surface area (Å²) in [6.45, 7) is 4.64. The van der Waals surface area contributed by atoms with Crippen LogP contribution in [0.1, 0.15) is 38.4 Å². The molecule has 0 saturated heterocycles. The molecule has 1 atom stereocenters. The summed E-state index contributed by atoms with van der Waals surface area (Å²) in [6, 6.07) is 10.2. The molecule has 0 fully saturated rings. The summed E-state index contributed by atoms with van der Waals surface area (Å²) in [5.74, 6) is -0.387. The second kappa shape index (κ2) is 8.68. The van der Waals surface area contributed by atoms with E-state index in [4.69, 9.17) is 9.15 Å². The van der Waals surface area contributed by atoms with Crippen molar-refractivity contribution >= 4 is 22.7 Å². The number of aryl methyl sites for hydroxylation is 1. The van der Waals surface area contributed by atoms with E-state index in [9.17, 15) is 19.8 Å². The van der Waals surface area contributed by atoms with E-state index in [1.54, 1.807) is 10.6 Å². The number of hydrogen-bond donors (Lipinski definition) is 4. The lowest BCUT2D eigenvalue weighted by molar-refractivity contribution is -0.118. The molecule has 4 N–H and O–H groups in total. The molecule has 3 aromatic rings. The first-order chi connectivity index (χ1) is 15.2. The van der Waals surface area contributed by atoms with Crippen molar-refractivity contribution in [1.29, 1.82) is 0 Å². The number of nitrogens with zero attached hydrogens (tertiary/aromatic N) is 1. The first kappa shape index (κ1) is 21.9. The summed E-state index contributed by atoms with van der Waals surface area (Å²) in [5.41, 5.74) is 1.77. The number of carbonyl (C=O) groups excluding carboxylic acids is 1. The standard InChI is InChI=1S/C23H27N3O6/c1-23(2,8-5-9-26-17-6-3-4-7-19(17)32-22(26)30)24-12-18(28)15-10-14(27)11-16-21(15)31-13-20(29)25-16/h3-4,6-7,10-11,18,24,27-28H,5,8-9,12-13H2,1-2H3,(H,25,29). The highest BCUT2D eigenvalue weighted by molar-refractivity contribution is 5.96. The third kappa shape index (κ3) is 4.63. The Kier molecular flexibility index (Phi) is 5.94. The van der Waals surface area contributed by atoms with Crippen LogP contribution in [0, 0.1) is 0 Å². The average molecular weight is 441 g/mol. The highest BCUT2D eigenvalue weighted by Crippen LogP contribution is 2.38. The summed E-state index contributed by atoms with van der Waals surface area (Å²) in [7, 11) is 0. The summed E-state index contributed by atoms with van der Waals surface area (Å²) in [5, 5.41) is 26.7. The number of oxazole rings is 1. The van der Waals surface area contributed by atoms with Crippen LogP contribution in [0.2, 0.25) is 0 Å². The Morgan fingerprint density at radius 3 is 2.84 bits per heavy atom. The van der Waals surface area contributed by atoms with E-state index in [0.29, 0.717) is 29.1 Å². The van der Waals surface area contributed by atoms with Crippen LogP contribution in [0.4, 0.5) is 5.69 Å². The number of para-hydroxylation sites is 2. The topological polar surface area (TPSA) is 126 Å². The molecule has 0 bridgehead atoms. The minimum atomic E-state index is -0.953. The van der Waals surface area contributed by atoms with Crippen molar-refractivity contribution in [1.82, 2.24) is 9.88 Å². The number of hydrogen-bond acceptors (Lipinski definition) is 7. The van der Waals surface area contributed by atoms with Crippen molar-refractivity contribution in [2.45, 2.75) is 44.9 Å². The maximum atomic E-state index is 12.1. The number of ether oxygens (including phenoxy) is 1. The number of nitrogens with one attached hydrogen (secondary N) is 2. The van der Waals surface area contributed by atoms with Crippen LogP contribution >= 0.6 is 0 Å². The van der Waals surface area contributed by atoms with Gasteiger partial charge in [0, 0.05) is 30.3 Å². The molecule has 1 aliphatic rings. The van der Waals surface area contributed by atoms with Crippen molar-refractivity contribution in [3.05, 3.63) is 52.5 Å². The lowest BCUT2D eigenvalue weighted by Crippen LogP contribution is -2.42. The molecule has 0 radical (unpaired) electrons. The van der Waals surface area contributed by atoms with Gasteiger partial charge >= 0.3 is 5.76 Å². The SMILES string of the molecule is CC(C)(CCCn1c(=O)oc2ccccc21)NCC(O)c1cc(O)cc2c1OCC(=O)N2. The zero-order valence-electron chi connectivity index (χ0n) is 18.1. The average Bonchev–Trinajstić information content (AvgIpc) is 3.06. The maximum absolute atomic E-state index is 12.1. The second-order valence-corrected chi connectivity index (χ2v) is 8.62. The fraction of sp³-hybridized carbons (Fsp3) is 0.391. The van der Waals surface area contributed by atoms with E-state index in [2.05, 4.69) is 10.6 Å². The lowest BCUT2D eigenvalue weighted by atomic mass is 9.97. The van der Waals surface area contributed by atoms with E-state index >= 15 is 0 Å². The molecule has 0 spiro atoms. The molecule has 2 heterocycles. The van der Waals surface area contributed by atoms with Gasteiger partial charge in [0.05, 0.1) is 17.3 Å². The van der Waals surface area contributed by atoms with E-state index in [0.717, 1.165) is 18.4 Å². The molecule has 0 aliphatic carbocycles. The molecule has 1 aromatic heterocycles. The first-order valence-electron chi connectivity index (χ1n) is 10.5. The predicted octanol–water partition coefficient (Wildman–Crippen LogP) is 2.51. The number of phenolic OH excluding ortho intramolecular Hbond substituents is 1. The van der Waals surface area contributed by atoms with E-state index in [-0.39, 0.29) is 36.1 Å².